The van der Waals surface area contributed by atoms with E-state index in [1.165, 1.54) is 6.07 Å². The molecule has 6 heteroatoms. The predicted molar refractivity (Wildman–Crippen MR) is 75.8 cm³/mol. The second-order valence-corrected chi connectivity index (χ2v) is 5.30. The highest BCUT2D eigenvalue weighted by atomic mass is 16.4. The number of likely N-dealkylation sites (tertiary alicyclic amines) is 1. The molecule has 1 unspecified atom stereocenters. The molecule has 112 valence electrons. The molecule has 6 nitrogen and oxygen atoms in total. The minimum atomic E-state index is -0.843. The van der Waals surface area contributed by atoms with Crippen molar-refractivity contribution in [2.75, 3.05) is 13.1 Å². The number of rotatable bonds is 4. The number of nitrogens with two attached hydrogens (primary N) is 1. The lowest BCUT2D eigenvalue weighted by Crippen LogP contribution is -2.40. The van der Waals surface area contributed by atoms with E-state index in [0.29, 0.717) is 24.2 Å². The molecule has 0 bridgehead atoms. The van der Waals surface area contributed by atoms with Crippen molar-refractivity contribution in [2.24, 2.45) is 11.7 Å². The third-order valence-electron chi connectivity index (χ3n) is 3.66. The van der Waals surface area contributed by atoms with Crippen molar-refractivity contribution in [3.63, 3.8) is 0 Å². The van der Waals surface area contributed by atoms with Crippen LogP contribution < -0.4 is 5.73 Å². The summed E-state index contributed by atoms with van der Waals surface area (Å²) in [7, 11) is 0. The molecule has 2 amide bonds. The van der Waals surface area contributed by atoms with Crippen molar-refractivity contribution in [2.45, 2.75) is 19.3 Å². The largest absolute Gasteiger partial charge is 0.481 e. The number of carboxylic acid groups (broad SMARTS) is 1. The summed E-state index contributed by atoms with van der Waals surface area (Å²) in [4.78, 5) is 36.0. The molecule has 1 aliphatic heterocycles. The van der Waals surface area contributed by atoms with Crippen LogP contribution in [0.1, 0.15) is 40.0 Å². The van der Waals surface area contributed by atoms with E-state index in [2.05, 4.69) is 0 Å². The topological polar surface area (TPSA) is 101 Å². The Morgan fingerprint density at radius 3 is 2.67 bits per heavy atom. The molecule has 3 N–H and O–H groups in total. The average molecular weight is 290 g/mol. The van der Waals surface area contributed by atoms with E-state index in [9.17, 15) is 14.4 Å². The Labute approximate surface area is 122 Å². The maximum Gasteiger partial charge on any atom is 0.303 e. The van der Waals surface area contributed by atoms with Crippen LogP contribution in [0.4, 0.5) is 0 Å². The molecule has 21 heavy (non-hydrogen) atoms. The molecule has 1 aliphatic rings. The number of carbonyl (C=O) groups excluding carboxylic acids is 2. The molecule has 1 fully saturated rings. The van der Waals surface area contributed by atoms with Crippen LogP contribution in [-0.2, 0) is 4.79 Å². The molecule has 1 aromatic rings. The summed E-state index contributed by atoms with van der Waals surface area (Å²) >= 11 is 0. The number of nitrogens with zero attached hydrogens (tertiary/aromatic N) is 1. The number of piperidine rings is 1. The van der Waals surface area contributed by atoms with Gasteiger partial charge in [-0.05, 0) is 37.0 Å². The molecule has 1 heterocycles. The zero-order valence-corrected chi connectivity index (χ0v) is 11.6. The number of hydrogen-bond donors (Lipinski definition) is 2. The maximum absolute atomic E-state index is 12.4. The van der Waals surface area contributed by atoms with Gasteiger partial charge in [-0.3, -0.25) is 14.4 Å². The van der Waals surface area contributed by atoms with E-state index < -0.39 is 11.9 Å². The second-order valence-electron chi connectivity index (χ2n) is 5.30. The predicted octanol–water partition coefficient (Wildman–Crippen LogP) is 1.11. The molecule has 1 saturated heterocycles. The second kappa shape index (κ2) is 6.39. The lowest BCUT2D eigenvalue weighted by atomic mass is 9.94. The fourth-order valence-corrected chi connectivity index (χ4v) is 2.65. The Kier molecular flexibility index (Phi) is 4.57. The molecular formula is C15H18N2O4. The number of carboxylic acids is 1. The van der Waals surface area contributed by atoms with Crippen LogP contribution in [0.3, 0.4) is 0 Å². The summed E-state index contributed by atoms with van der Waals surface area (Å²) in [6, 6.07) is 6.29. The van der Waals surface area contributed by atoms with Crippen molar-refractivity contribution in [3.05, 3.63) is 35.4 Å². The molecule has 0 aliphatic carbocycles. The first-order chi connectivity index (χ1) is 9.97. The number of aliphatic carboxylic acids is 1. The lowest BCUT2D eigenvalue weighted by molar-refractivity contribution is -0.138. The summed E-state index contributed by atoms with van der Waals surface area (Å²) in [5.74, 6) is -1.62. The molecule has 1 atom stereocenters. The fourth-order valence-electron chi connectivity index (χ4n) is 2.65. The van der Waals surface area contributed by atoms with Crippen LogP contribution in [0.2, 0.25) is 0 Å². The zero-order chi connectivity index (χ0) is 15.4. The number of hydrogen-bond acceptors (Lipinski definition) is 3. The lowest BCUT2D eigenvalue weighted by Gasteiger charge is -2.32. The first-order valence-corrected chi connectivity index (χ1v) is 6.88. The quantitative estimate of drug-likeness (QED) is 0.867. The molecule has 1 aromatic carbocycles. The van der Waals surface area contributed by atoms with Crippen molar-refractivity contribution in [1.82, 2.24) is 4.90 Å². The van der Waals surface area contributed by atoms with Gasteiger partial charge < -0.3 is 15.7 Å². The van der Waals surface area contributed by atoms with Gasteiger partial charge in [-0.25, -0.2) is 0 Å². The standard InChI is InChI=1S/C15H18N2O4/c16-14(20)11-4-1-5-12(8-11)15(21)17-6-2-3-10(9-17)7-13(18)19/h1,4-5,8,10H,2-3,6-7,9H2,(H2,16,20)(H,18,19). The molecule has 0 saturated carbocycles. The average Bonchev–Trinajstić information content (AvgIpc) is 2.46. The van der Waals surface area contributed by atoms with Gasteiger partial charge >= 0.3 is 5.97 Å². The minimum Gasteiger partial charge on any atom is -0.481 e. The van der Waals surface area contributed by atoms with Crippen molar-refractivity contribution >= 4 is 17.8 Å². The number of amides is 2. The van der Waals surface area contributed by atoms with Crippen LogP contribution in [0.5, 0.6) is 0 Å². The highest BCUT2D eigenvalue weighted by molar-refractivity contribution is 5.99. The Bertz CT molecular complexity index is 571. The van der Waals surface area contributed by atoms with Gasteiger partial charge in [-0.1, -0.05) is 6.07 Å². The van der Waals surface area contributed by atoms with Crippen LogP contribution in [-0.4, -0.2) is 40.9 Å². The van der Waals surface area contributed by atoms with Gasteiger partial charge in [0.15, 0.2) is 0 Å². The SMILES string of the molecule is NC(=O)c1cccc(C(=O)N2CCCC(CC(=O)O)C2)c1. The third-order valence-corrected chi connectivity index (χ3v) is 3.66. The van der Waals surface area contributed by atoms with Crippen molar-refractivity contribution in [3.8, 4) is 0 Å². The van der Waals surface area contributed by atoms with Crippen LogP contribution in [0.25, 0.3) is 0 Å². The molecule has 2 rings (SSSR count). The normalized spacial score (nSPS) is 18.3. The molecule has 0 aromatic heterocycles. The van der Waals surface area contributed by atoms with Crippen LogP contribution in [0, 0.1) is 5.92 Å². The summed E-state index contributed by atoms with van der Waals surface area (Å²) < 4.78 is 0. The summed E-state index contributed by atoms with van der Waals surface area (Å²) in [6.45, 7) is 1.04. The summed E-state index contributed by atoms with van der Waals surface area (Å²) in [6.07, 6.45) is 1.68. The maximum atomic E-state index is 12.4. The summed E-state index contributed by atoms with van der Waals surface area (Å²) in [5.41, 5.74) is 5.91. The number of primary amides is 1. The van der Waals surface area contributed by atoms with Gasteiger partial charge in [0.1, 0.15) is 0 Å². The number of carbonyl (C=O) groups is 3. The Balaban J connectivity index is 2.10. The van der Waals surface area contributed by atoms with E-state index in [-0.39, 0.29) is 18.2 Å². The minimum absolute atomic E-state index is 0.0143. The van der Waals surface area contributed by atoms with Crippen LogP contribution >= 0.6 is 0 Å². The van der Waals surface area contributed by atoms with E-state index in [1.807, 2.05) is 0 Å². The van der Waals surface area contributed by atoms with Crippen molar-refractivity contribution < 1.29 is 19.5 Å². The molecular weight excluding hydrogens is 272 g/mol. The highest BCUT2D eigenvalue weighted by Crippen LogP contribution is 2.21. The van der Waals surface area contributed by atoms with Gasteiger partial charge in [0.2, 0.25) is 5.91 Å². The van der Waals surface area contributed by atoms with Gasteiger partial charge in [-0.15, -0.1) is 0 Å². The van der Waals surface area contributed by atoms with E-state index >= 15 is 0 Å². The Morgan fingerprint density at radius 2 is 2.00 bits per heavy atom. The summed E-state index contributed by atoms with van der Waals surface area (Å²) in [5, 5.41) is 8.85. The van der Waals surface area contributed by atoms with E-state index in [4.69, 9.17) is 10.8 Å². The Hall–Kier alpha value is -2.37. The third kappa shape index (κ3) is 3.81. The Morgan fingerprint density at radius 1 is 1.29 bits per heavy atom. The van der Waals surface area contributed by atoms with Gasteiger partial charge in [0, 0.05) is 30.6 Å². The molecule has 0 spiro atoms. The first kappa shape index (κ1) is 15.0. The number of benzene rings is 1. The molecule has 0 radical (unpaired) electrons. The van der Waals surface area contributed by atoms with Gasteiger partial charge in [0.25, 0.3) is 5.91 Å². The monoisotopic (exact) mass is 290 g/mol. The fraction of sp³-hybridized carbons (Fsp3) is 0.400. The van der Waals surface area contributed by atoms with E-state index in [1.54, 1.807) is 23.1 Å². The van der Waals surface area contributed by atoms with Gasteiger partial charge in [0.05, 0.1) is 0 Å². The zero-order valence-electron chi connectivity index (χ0n) is 11.6. The van der Waals surface area contributed by atoms with Crippen molar-refractivity contribution in [1.29, 1.82) is 0 Å². The highest BCUT2D eigenvalue weighted by Gasteiger charge is 2.26. The smallest absolute Gasteiger partial charge is 0.303 e. The van der Waals surface area contributed by atoms with Gasteiger partial charge in [-0.2, -0.15) is 0 Å². The first-order valence-electron chi connectivity index (χ1n) is 6.88. The van der Waals surface area contributed by atoms with E-state index in [0.717, 1.165) is 12.8 Å². The van der Waals surface area contributed by atoms with Crippen LogP contribution in [0.15, 0.2) is 24.3 Å².